The highest BCUT2D eigenvalue weighted by molar-refractivity contribution is 7.11. The monoisotopic (exact) mass is 396 g/mol. The number of amides is 2. The van der Waals surface area contributed by atoms with E-state index < -0.39 is 11.4 Å². The van der Waals surface area contributed by atoms with E-state index in [1.54, 1.807) is 23.5 Å². The molecule has 1 unspecified atom stereocenters. The minimum atomic E-state index is -0.536. The maximum Gasteiger partial charge on any atom is 0.315 e. The third kappa shape index (κ3) is 4.27. The van der Waals surface area contributed by atoms with Gasteiger partial charge in [0.25, 0.3) is 0 Å². The summed E-state index contributed by atoms with van der Waals surface area (Å²) in [6, 6.07) is 4.49. The number of hydrogen-bond donors (Lipinski definition) is 2. The van der Waals surface area contributed by atoms with Gasteiger partial charge in [0, 0.05) is 35.9 Å². The van der Waals surface area contributed by atoms with Gasteiger partial charge in [0.1, 0.15) is 10.8 Å². The Labute approximate surface area is 161 Å². The minimum Gasteiger partial charge on any atom is -0.369 e. The second-order valence-corrected chi connectivity index (χ2v) is 8.67. The number of nitrogens with one attached hydrogen (secondary N) is 2. The van der Waals surface area contributed by atoms with E-state index in [9.17, 15) is 9.18 Å². The van der Waals surface area contributed by atoms with Gasteiger partial charge in [-0.25, -0.2) is 14.2 Å². The number of halogens is 2. The third-order valence-corrected chi connectivity index (χ3v) is 5.90. The fraction of sp³-hybridized carbons (Fsp3) is 0.444. The SMILES string of the molecule is Cc1cnc(C(C)(C)NC(=O)NC2CCN(c3ccc(F)c(Cl)c3)C2)s1. The van der Waals surface area contributed by atoms with E-state index in [0.29, 0.717) is 6.54 Å². The van der Waals surface area contributed by atoms with Crippen LogP contribution in [0, 0.1) is 12.7 Å². The molecule has 1 aliphatic rings. The molecule has 140 valence electrons. The van der Waals surface area contributed by atoms with E-state index in [1.165, 1.54) is 6.07 Å². The zero-order valence-electron chi connectivity index (χ0n) is 15.0. The Balaban J connectivity index is 1.56. The first kappa shape index (κ1) is 18.9. The standard InChI is InChI=1S/C18H22ClFN4OS/c1-11-9-21-16(26-11)18(2,3)23-17(25)22-12-6-7-24(10-12)13-4-5-15(20)14(19)8-13/h4-5,8-9,12H,6-7,10H2,1-3H3,(H2,22,23,25). The van der Waals surface area contributed by atoms with Crippen molar-refractivity contribution in [1.29, 1.82) is 0 Å². The van der Waals surface area contributed by atoms with Crippen molar-refractivity contribution in [2.75, 3.05) is 18.0 Å². The number of nitrogens with zero attached hydrogens (tertiary/aromatic N) is 2. The highest BCUT2D eigenvalue weighted by Crippen LogP contribution is 2.26. The first-order valence-electron chi connectivity index (χ1n) is 8.46. The number of benzene rings is 1. The Morgan fingerprint density at radius 2 is 2.23 bits per heavy atom. The molecular weight excluding hydrogens is 375 g/mol. The van der Waals surface area contributed by atoms with Crippen molar-refractivity contribution in [3.05, 3.63) is 45.1 Å². The molecule has 0 aliphatic carbocycles. The molecule has 2 N–H and O–H groups in total. The molecule has 0 radical (unpaired) electrons. The maximum atomic E-state index is 13.3. The first-order chi connectivity index (χ1) is 12.2. The molecule has 1 saturated heterocycles. The number of anilines is 1. The molecule has 1 fully saturated rings. The third-order valence-electron chi connectivity index (χ3n) is 4.37. The van der Waals surface area contributed by atoms with Gasteiger partial charge >= 0.3 is 6.03 Å². The molecule has 1 aromatic heterocycles. The van der Waals surface area contributed by atoms with Crippen LogP contribution in [-0.4, -0.2) is 30.1 Å². The second-order valence-electron chi connectivity index (χ2n) is 7.03. The number of hydrogen-bond acceptors (Lipinski definition) is 4. The zero-order chi connectivity index (χ0) is 18.9. The van der Waals surface area contributed by atoms with Crippen LogP contribution in [0.25, 0.3) is 0 Å². The van der Waals surface area contributed by atoms with Crippen molar-refractivity contribution in [3.8, 4) is 0 Å². The molecule has 0 bridgehead atoms. The Morgan fingerprint density at radius 1 is 1.46 bits per heavy atom. The lowest BCUT2D eigenvalue weighted by Crippen LogP contribution is -2.50. The van der Waals surface area contributed by atoms with E-state index in [2.05, 4.69) is 20.5 Å². The molecule has 26 heavy (non-hydrogen) atoms. The van der Waals surface area contributed by atoms with Gasteiger partial charge in [0.2, 0.25) is 0 Å². The van der Waals surface area contributed by atoms with Gasteiger partial charge < -0.3 is 15.5 Å². The number of thiazole rings is 1. The van der Waals surface area contributed by atoms with Crippen molar-refractivity contribution in [3.63, 3.8) is 0 Å². The fourth-order valence-corrected chi connectivity index (χ4v) is 3.99. The van der Waals surface area contributed by atoms with Crippen molar-refractivity contribution >= 4 is 34.7 Å². The normalized spacial score (nSPS) is 17.4. The molecule has 0 saturated carbocycles. The lowest BCUT2D eigenvalue weighted by molar-refractivity contribution is 0.227. The van der Waals surface area contributed by atoms with Gasteiger partial charge in [-0.3, -0.25) is 0 Å². The Bertz CT molecular complexity index is 810. The summed E-state index contributed by atoms with van der Waals surface area (Å²) in [6.07, 6.45) is 2.63. The molecule has 2 aromatic rings. The van der Waals surface area contributed by atoms with Crippen molar-refractivity contribution in [1.82, 2.24) is 15.6 Å². The highest BCUT2D eigenvalue weighted by atomic mass is 35.5. The Kier molecular flexibility index (Phi) is 5.39. The van der Waals surface area contributed by atoms with Crippen LogP contribution in [0.5, 0.6) is 0 Å². The fourth-order valence-electron chi connectivity index (χ4n) is 3.00. The van der Waals surface area contributed by atoms with Crippen LogP contribution < -0.4 is 15.5 Å². The molecule has 1 atom stereocenters. The smallest absolute Gasteiger partial charge is 0.315 e. The largest absolute Gasteiger partial charge is 0.369 e. The molecule has 8 heteroatoms. The van der Waals surface area contributed by atoms with Crippen molar-refractivity contribution in [2.45, 2.75) is 38.8 Å². The summed E-state index contributed by atoms with van der Waals surface area (Å²) in [5.41, 5.74) is 0.325. The van der Waals surface area contributed by atoms with Gasteiger partial charge in [-0.1, -0.05) is 11.6 Å². The molecule has 0 spiro atoms. The number of aryl methyl sites for hydroxylation is 1. The summed E-state index contributed by atoms with van der Waals surface area (Å²) in [4.78, 5) is 20.0. The van der Waals surface area contributed by atoms with E-state index >= 15 is 0 Å². The molecular formula is C18H22ClFN4OS. The summed E-state index contributed by atoms with van der Waals surface area (Å²) < 4.78 is 13.3. The topological polar surface area (TPSA) is 57.3 Å². The van der Waals surface area contributed by atoms with Crippen LogP contribution in [-0.2, 0) is 5.54 Å². The number of carbonyl (C=O) groups is 1. The van der Waals surface area contributed by atoms with Gasteiger partial charge in [-0.2, -0.15) is 0 Å². The summed E-state index contributed by atoms with van der Waals surface area (Å²) in [7, 11) is 0. The van der Waals surface area contributed by atoms with Gasteiger partial charge in [0.05, 0.1) is 10.6 Å². The number of carbonyl (C=O) groups excluding carboxylic acids is 1. The van der Waals surface area contributed by atoms with Gasteiger partial charge in [-0.15, -0.1) is 11.3 Å². The highest BCUT2D eigenvalue weighted by Gasteiger charge is 2.29. The summed E-state index contributed by atoms with van der Waals surface area (Å²) in [5, 5.41) is 6.99. The zero-order valence-corrected chi connectivity index (χ0v) is 16.5. The molecule has 1 aromatic carbocycles. The molecule has 5 nitrogen and oxygen atoms in total. The van der Waals surface area contributed by atoms with Crippen LogP contribution in [0.3, 0.4) is 0 Å². The van der Waals surface area contributed by atoms with Gasteiger partial charge in [-0.05, 0) is 45.4 Å². The average Bonchev–Trinajstić information content (AvgIpc) is 3.19. The maximum absolute atomic E-state index is 13.3. The first-order valence-corrected chi connectivity index (χ1v) is 9.65. The summed E-state index contributed by atoms with van der Waals surface area (Å²) in [5.74, 6) is -0.427. The Morgan fingerprint density at radius 3 is 2.88 bits per heavy atom. The van der Waals surface area contributed by atoms with Gasteiger partial charge in [0.15, 0.2) is 0 Å². The predicted molar refractivity (Wildman–Crippen MR) is 104 cm³/mol. The Hall–Kier alpha value is -1.86. The summed E-state index contributed by atoms with van der Waals surface area (Å²) >= 11 is 7.43. The lowest BCUT2D eigenvalue weighted by atomic mass is 10.1. The molecule has 1 aliphatic heterocycles. The molecule has 3 rings (SSSR count). The average molecular weight is 397 g/mol. The second kappa shape index (κ2) is 7.40. The van der Waals surface area contributed by atoms with Crippen LogP contribution in [0.15, 0.2) is 24.4 Å². The quantitative estimate of drug-likeness (QED) is 0.819. The molecule has 2 heterocycles. The van der Waals surface area contributed by atoms with Crippen molar-refractivity contribution < 1.29 is 9.18 Å². The van der Waals surface area contributed by atoms with Crippen molar-refractivity contribution in [2.24, 2.45) is 0 Å². The summed E-state index contributed by atoms with van der Waals surface area (Å²) in [6.45, 7) is 7.30. The minimum absolute atomic E-state index is 0.0210. The lowest BCUT2D eigenvalue weighted by Gasteiger charge is -2.25. The van der Waals surface area contributed by atoms with Crippen LogP contribution >= 0.6 is 22.9 Å². The molecule has 2 amide bonds. The number of urea groups is 1. The van der Waals surface area contributed by atoms with Crippen LogP contribution in [0.2, 0.25) is 5.02 Å². The number of rotatable bonds is 4. The van der Waals surface area contributed by atoms with E-state index in [4.69, 9.17) is 11.6 Å². The predicted octanol–water partition coefficient (Wildman–Crippen LogP) is 4.06. The van der Waals surface area contributed by atoms with Crippen LogP contribution in [0.4, 0.5) is 14.9 Å². The van der Waals surface area contributed by atoms with E-state index in [0.717, 1.165) is 28.5 Å². The van der Waals surface area contributed by atoms with E-state index in [1.807, 2.05) is 27.0 Å². The van der Waals surface area contributed by atoms with Crippen LogP contribution in [0.1, 0.15) is 30.2 Å². The number of aromatic nitrogens is 1. The van der Waals surface area contributed by atoms with E-state index in [-0.39, 0.29) is 17.1 Å².